The van der Waals surface area contributed by atoms with Crippen molar-refractivity contribution in [1.29, 1.82) is 0 Å². The third-order valence-corrected chi connectivity index (χ3v) is 6.68. The molecule has 0 amide bonds. The summed E-state index contributed by atoms with van der Waals surface area (Å²) in [6.07, 6.45) is 3.45. The van der Waals surface area contributed by atoms with E-state index in [9.17, 15) is 13.0 Å². The molecule has 156 valence electrons. The number of nitrogens with two attached hydrogens (primary N) is 1. The fourth-order valence-electron chi connectivity index (χ4n) is 3.11. The van der Waals surface area contributed by atoms with Gasteiger partial charge in [-0.15, -0.1) is 10.2 Å². The lowest BCUT2D eigenvalue weighted by molar-refractivity contribution is 0.484. The number of fused-ring (bicyclic) bond motifs is 1. The van der Waals surface area contributed by atoms with E-state index in [1.165, 1.54) is 6.07 Å². The number of anilines is 1. The predicted molar refractivity (Wildman–Crippen MR) is 127 cm³/mol. The average molecular weight is 562 g/mol. The smallest absolute Gasteiger partial charge is 0.295 e. The Bertz CT molecular complexity index is 1420. The van der Waals surface area contributed by atoms with Crippen LogP contribution in [0.15, 0.2) is 91.1 Å². The number of azo groups is 1. The Labute approximate surface area is 195 Å². The van der Waals surface area contributed by atoms with E-state index in [-0.39, 0.29) is 16.3 Å². The van der Waals surface area contributed by atoms with Crippen LogP contribution in [0.25, 0.3) is 21.9 Å². The lowest BCUT2D eigenvalue weighted by Gasteiger charge is -2.10. The van der Waals surface area contributed by atoms with Gasteiger partial charge in [0.2, 0.25) is 0 Å². The van der Waals surface area contributed by atoms with Crippen molar-refractivity contribution >= 4 is 69.8 Å². The molecular weight excluding hydrogens is 548 g/mol. The number of aromatic nitrogens is 1. The van der Waals surface area contributed by atoms with Gasteiger partial charge in [0, 0.05) is 37.7 Å². The Balaban J connectivity index is 1.81. The number of hydrogen-bond donors (Lipinski definition) is 2. The van der Waals surface area contributed by atoms with Crippen LogP contribution in [-0.4, -0.2) is 18.0 Å². The van der Waals surface area contributed by atoms with Gasteiger partial charge in [-0.1, -0.05) is 30.3 Å². The predicted octanol–water partition coefficient (Wildman–Crippen LogP) is 6.67. The second-order valence-corrected chi connectivity index (χ2v) is 9.66. The van der Waals surface area contributed by atoms with Gasteiger partial charge in [0.1, 0.15) is 16.3 Å². The van der Waals surface area contributed by atoms with E-state index in [0.717, 1.165) is 11.1 Å². The summed E-state index contributed by atoms with van der Waals surface area (Å²) in [4.78, 5) is 3.84. The maximum absolute atomic E-state index is 11.9. The second kappa shape index (κ2) is 8.46. The summed E-state index contributed by atoms with van der Waals surface area (Å²) in [6.45, 7) is 0. The molecule has 1 aromatic heterocycles. The second-order valence-electron chi connectivity index (χ2n) is 6.56. The van der Waals surface area contributed by atoms with Crippen molar-refractivity contribution in [1.82, 2.24) is 4.98 Å². The van der Waals surface area contributed by atoms with Crippen LogP contribution in [0.1, 0.15) is 0 Å². The van der Waals surface area contributed by atoms with E-state index in [0.29, 0.717) is 25.4 Å². The first-order valence-electron chi connectivity index (χ1n) is 8.85. The molecule has 4 aromatic rings. The molecule has 0 atom stereocenters. The van der Waals surface area contributed by atoms with Crippen molar-refractivity contribution < 1.29 is 13.0 Å². The number of halogens is 2. The highest BCUT2D eigenvalue weighted by molar-refractivity contribution is 9.11. The van der Waals surface area contributed by atoms with Crippen LogP contribution in [0, 0.1) is 0 Å². The van der Waals surface area contributed by atoms with Crippen LogP contribution in [0.3, 0.4) is 0 Å². The Morgan fingerprint density at radius 3 is 2.19 bits per heavy atom. The summed E-state index contributed by atoms with van der Waals surface area (Å²) in [5.41, 5.74) is 8.94. The maximum Gasteiger partial charge on any atom is 0.295 e. The highest BCUT2D eigenvalue weighted by Gasteiger charge is 2.18. The van der Waals surface area contributed by atoms with Crippen LogP contribution in [0.4, 0.5) is 17.1 Å². The fraction of sp³-hybridized carbons (Fsp3) is 0. The molecule has 4 rings (SSSR count). The van der Waals surface area contributed by atoms with Crippen molar-refractivity contribution in [3.05, 3.63) is 75.9 Å². The topological polar surface area (TPSA) is 118 Å². The molecule has 0 radical (unpaired) electrons. The van der Waals surface area contributed by atoms with Gasteiger partial charge in [-0.25, -0.2) is 0 Å². The molecule has 10 heteroatoms. The molecule has 0 fully saturated rings. The fourth-order valence-corrected chi connectivity index (χ4v) is 5.17. The zero-order chi connectivity index (χ0) is 22.2. The van der Waals surface area contributed by atoms with E-state index < -0.39 is 10.1 Å². The quantitative estimate of drug-likeness (QED) is 0.164. The van der Waals surface area contributed by atoms with Crippen LogP contribution < -0.4 is 5.73 Å². The number of benzene rings is 3. The average Bonchev–Trinajstić information content (AvgIpc) is 2.74. The summed E-state index contributed by atoms with van der Waals surface area (Å²) in [7, 11) is -4.49. The third kappa shape index (κ3) is 4.38. The van der Waals surface area contributed by atoms with E-state index in [4.69, 9.17) is 5.73 Å². The van der Waals surface area contributed by atoms with Crippen molar-refractivity contribution in [2.45, 2.75) is 4.90 Å². The lowest BCUT2D eigenvalue weighted by atomic mass is 10.1. The van der Waals surface area contributed by atoms with Crippen LogP contribution in [0.2, 0.25) is 0 Å². The summed E-state index contributed by atoms with van der Waals surface area (Å²) in [5.74, 6) is 0. The molecule has 0 aliphatic carbocycles. The van der Waals surface area contributed by atoms with Gasteiger partial charge in [-0.2, -0.15) is 8.42 Å². The van der Waals surface area contributed by atoms with Gasteiger partial charge in [-0.3, -0.25) is 9.54 Å². The van der Waals surface area contributed by atoms with Crippen molar-refractivity contribution in [3.63, 3.8) is 0 Å². The monoisotopic (exact) mass is 560 g/mol. The molecule has 7 nitrogen and oxygen atoms in total. The molecule has 3 aromatic carbocycles. The van der Waals surface area contributed by atoms with Crippen LogP contribution >= 0.6 is 31.9 Å². The van der Waals surface area contributed by atoms with E-state index in [1.54, 1.807) is 36.7 Å². The molecule has 0 unspecified atom stereocenters. The maximum atomic E-state index is 11.9. The Morgan fingerprint density at radius 1 is 0.903 bits per heavy atom. The number of nitrogen functional groups attached to an aromatic ring is 1. The third-order valence-electron chi connectivity index (χ3n) is 4.57. The van der Waals surface area contributed by atoms with E-state index in [1.807, 2.05) is 24.3 Å². The van der Waals surface area contributed by atoms with Gasteiger partial charge >= 0.3 is 0 Å². The van der Waals surface area contributed by atoms with Crippen LogP contribution in [-0.2, 0) is 10.1 Å². The van der Waals surface area contributed by atoms with Crippen molar-refractivity contribution in [3.8, 4) is 11.1 Å². The van der Waals surface area contributed by atoms with Gasteiger partial charge in [0.25, 0.3) is 10.1 Å². The summed E-state index contributed by atoms with van der Waals surface area (Å²) in [5, 5.41) is 9.20. The molecular formula is C21H14Br2N4O3S. The molecule has 0 spiro atoms. The highest BCUT2D eigenvalue weighted by Crippen LogP contribution is 2.41. The SMILES string of the molecule is Nc1c(N=Nc2c(Br)cc(-c3cccnc3)cc2Br)cc(S(=O)(=O)O)c2ccccc12. The lowest BCUT2D eigenvalue weighted by Crippen LogP contribution is -2.01. The molecule has 0 saturated carbocycles. The Hall–Kier alpha value is -2.66. The largest absolute Gasteiger partial charge is 0.396 e. The molecule has 0 saturated heterocycles. The first kappa shape index (κ1) is 21.6. The minimum absolute atomic E-state index is 0.126. The first-order valence-corrected chi connectivity index (χ1v) is 11.9. The van der Waals surface area contributed by atoms with Gasteiger partial charge in [-0.05, 0) is 61.7 Å². The summed E-state index contributed by atoms with van der Waals surface area (Å²) >= 11 is 7.00. The summed E-state index contributed by atoms with van der Waals surface area (Å²) < 4.78 is 34.8. The zero-order valence-electron chi connectivity index (χ0n) is 15.7. The number of nitrogens with zero attached hydrogens (tertiary/aromatic N) is 3. The molecule has 0 aliphatic heterocycles. The minimum atomic E-state index is -4.49. The van der Waals surface area contributed by atoms with Gasteiger partial charge in [0.05, 0.1) is 5.69 Å². The number of hydrogen-bond acceptors (Lipinski definition) is 6. The van der Waals surface area contributed by atoms with E-state index >= 15 is 0 Å². The molecule has 31 heavy (non-hydrogen) atoms. The Kier molecular flexibility index (Phi) is 5.89. The molecule has 0 bridgehead atoms. The molecule has 0 aliphatic rings. The van der Waals surface area contributed by atoms with Gasteiger partial charge < -0.3 is 5.73 Å². The van der Waals surface area contributed by atoms with Gasteiger partial charge in [0.15, 0.2) is 0 Å². The number of pyridine rings is 1. The minimum Gasteiger partial charge on any atom is -0.396 e. The standard InChI is InChI=1S/C21H14Br2N4O3S/c22-16-8-13(12-4-3-7-25-11-12)9-17(23)21(16)27-26-18-10-19(31(28,29)30)14-5-1-2-6-15(14)20(18)24/h1-11H,24H2,(H,28,29,30). The highest BCUT2D eigenvalue weighted by atomic mass is 79.9. The Morgan fingerprint density at radius 2 is 1.58 bits per heavy atom. The van der Waals surface area contributed by atoms with Crippen molar-refractivity contribution in [2.75, 3.05) is 5.73 Å². The summed E-state index contributed by atoms with van der Waals surface area (Å²) in [6, 6.07) is 15.4. The van der Waals surface area contributed by atoms with Crippen molar-refractivity contribution in [2.24, 2.45) is 10.2 Å². The molecule has 1 heterocycles. The van der Waals surface area contributed by atoms with E-state index in [2.05, 4.69) is 47.1 Å². The number of rotatable bonds is 4. The zero-order valence-corrected chi connectivity index (χ0v) is 19.7. The molecule has 3 N–H and O–H groups in total. The van der Waals surface area contributed by atoms with Crippen LogP contribution in [0.5, 0.6) is 0 Å². The first-order chi connectivity index (χ1) is 14.8. The normalized spacial score (nSPS) is 12.0.